The molecule has 1 N–H and O–H groups in total. The number of hydrogen-bond donors (Lipinski definition) is 1. The number of rotatable bonds is 6. The Kier molecular flexibility index (Phi) is 5.08. The van der Waals surface area contributed by atoms with Crippen LogP contribution in [0.25, 0.3) is 11.3 Å². The zero-order valence-corrected chi connectivity index (χ0v) is 16.6. The summed E-state index contributed by atoms with van der Waals surface area (Å²) < 4.78 is 20.3. The summed E-state index contributed by atoms with van der Waals surface area (Å²) in [6.07, 6.45) is 5.55. The highest BCUT2D eigenvalue weighted by molar-refractivity contribution is 5.79. The van der Waals surface area contributed by atoms with E-state index in [9.17, 15) is 9.18 Å². The zero-order valence-electron chi connectivity index (χ0n) is 16.6. The Hall–Kier alpha value is -3.00. The Morgan fingerprint density at radius 3 is 2.87 bits per heavy atom. The smallest absolute Gasteiger partial charge is 0.225 e. The molecule has 3 aromatic rings. The number of aromatic nitrogens is 3. The molecule has 4 unspecified atom stereocenters. The van der Waals surface area contributed by atoms with Crippen molar-refractivity contribution in [2.75, 3.05) is 13.1 Å². The van der Waals surface area contributed by atoms with Crippen molar-refractivity contribution >= 4 is 5.91 Å². The van der Waals surface area contributed by atoms with Crippen molar-refractivity contribution in [2.45, 2.75) is 32.0 Å². The molecule has 6 rings (SSSR count). The zero-order chi connectivity index (χ0) is 20.5. The van der Waals surface area contributed by atoms with Crippen LogP contribution in [-0.2, 0) is 17.9 Å². The highest BCUT2D eigenvalue weighted by Crippen LogP contribution is 2.37. The lowest BCUT2D eigenvalue weighted by molar-refractivity contribution is -0.133. The van der Waals surface area contributed by atoms with E-state index in [1.54, 1.807) is 18.4 Å². The van der Waals surface area contributed by atoms with E-state index in [2.05, 4.69) is 20.5 Å². The normalized spacial score (nSPS) is 25.4. The number of furan rings is 1. The number of nitrogens with zero attached hydrogens (tertiary/aromatic N) is 4. The predicted octanol–water partition coefficient (Wildman–Crippen LogP) is 2.70. The maximum Gasteiger partial charge on any atom is 0.225 e. The number of fused-ring (bicyclic) bond motifs is 3. The molecule has 7 nitrogen and oxygen atoms in total. The molecule has 3 aliphatic rings. The SMILES string of the molecule is O=C(NCc1ccco1)C1CN2CCC1CC2Cn1cc(-c2ccc(F)cc2)nn1. The summed E-state index contributed by atoms with van der Waals surface area (Å²) in [7, 11) is 0. The van der Waals surface area contributed by atoms with Crippen LogP contribution in [0.2, 0.25) is 0 Å². The number of nitrogens with one attached hydrogen (secondary N) is 1. The first kappa shape index (κ1) is 19.0. The van der Waals surface area contributed by atoms with Crippen molar-refractivity contribution in [1.29, 1.82) is 0 Å². The molecule has 5 heterocycles. The molecule has 0 spiro atoms. The summed E-state index contributed by atoms with van der Waals surface area (Å²) in [6, 6.07) is 10.3. The van der Waals surface area contributed by atoms with Gasteiger partial charge in [-0.2, -0.15) is 0 Å². The van der Waals surface area contributed by atoms with Crippen LogP contribution in [0, 0.1) is 17.7 Å². The minimum atomic E-state index is -0.264. The third-order valence-corrected chi connectivity index (χ3v) is 6.31. The summed E-state index contributed by atoms with van der Waals surface area (Å²) in [5.74, 6) is 1.02. The van der Waals surface area contributed by atoms with Crippen LogP contribution in [-0.4, -0.2) is 44.9 Å². The van der Waals surface area contributed by atoms with Crippen LogP contribution in [0.5, 0.6) is 0 Å². The molecule has 0 saturated carbocycles. The minimum Gasteiger partial charge on any atom is -0.467 e. The van der Waals surface area contributed by atoms with E-state index < -0.39 is 0 Å². The van der Waals surface area contributed by atoms with Gasteiger partial charge in [-0.3, -0.25) is 14.4 Å². The quantitative estimate of drug-likeness (QED) is 0.678. The van der Waals surface area contributed by atoms with Gasteiger partial charge in [0.15, 0.2) is 0 Å². The highest BCUT2D eigenvalue weighted by Gasteiger charge is 2.43. The van der Waals surface area contributed by atoms with Crippen molar-refractivity contribution < 1.29 is 13.6 Å². The average molecular weight is 409 g/mol. The van der Waals surface area contributed by atoms with Crippen LogP contribution >= 0.6 is 0 Å². The average Bonchev–Trinajstić information content (AvgIpc) is 3.45. The van der Waals surface area contributed by atoms with Gasteiger partial charge in [0.2, 0.25) is 5.91 Å². The molecular weight excluding hydrogens is 385 g/mol. The molecule has 3 saturated heterocycles. The van der Waals surface area contributed by atoms with Gasteiger partial charge in [-0.05, 0) is 61.7 Å². The fourth-order valence-electron chi connectivity index (χ4n) is 4.70. The van der Waals surface area contributed by atoms with Crippen LogP contribution in [0.1, 0.15) is 18.6 Å². The summed E-state index contributed by atoms with van der Waals surface area (Å²) in [5.41, 5.74) is 1.59. The standard InChI is InChI=1S/C22H24FN5O2/c23-17-5-3-15(4-6-17)21-14-28(26-25-21)12-18-10-16-7-8-27(18)13-20(16)22(29)24-11-19-2-1-9-30-19/h1-6,9,14,16,18,20H,7-8,10-13H2,(H,24,29). The molecule has 30 heavy (non-hydrogen) atoms. The van der Waals surface area contributed by atoms with Gasteiger partial charge in [0.1, 0.15) is 17.3 Å². The van der Waals surface area contributed by atoms with Crippen LogP contribution in [0.3, 0.4) is 0 Å². The van der Waals surface area contributed by atoms with Crippen molar-refractivity contribution in [3.05, 3.63) is 60.4 Å². The fraction of sp³-hybridized carbons (Fsp3) is 0.409. The fourth-order valence-corrected chi connectivity index (χ4v) is 4.70. The Morgan fingerprint density at radius 1 is 1.27 bits per heavy atom. The summed E-state index contributed by atoms with van der Waals surface area (Å²) in [4.78, 5) is 15.1. The molecule has 1 amide bonds. The highest BCUT2D eigenvalue weighted by atomic mass is 19.1. The van der Waals surface area contributed by atoms with Crippen LogP contribution < -0.4 is 5.32 Å². The molecule has 3 fully saturated rings. The van der Waals surface area contributed by atoms with Crippen LogP contribution in [0.15, 0.2) is 53.3 Å². The van der Waals surface area contributed by atoms with E-state index in [0.29, 0.717) is 18.5 Å². The topological polar surface area (TPSA) is 76.2 Å². The molecule has 8 heteroatoms. The number of carbonyl (C=O) groups is 1. The monoisotopic (exact) mass is 409 g/mol. The molecule has 3 aliphatic heterocycles. The van der Waals surface area contributed by atoms with E-state index in [1.165, 1.54) is 12.1 Å². The third kappa shape index (κ3) is 3.87. The van der Waals surface area contributed by atoms with Crippen molar-refractivity contribution in [3.8, 4) is 11.3 Å². The molecule has 4 atom stereocenters. The Morgan fingerprint density at radius 2 is 2.13 bits per heavy atom. The van der Waals surface area contributed by atoms with Gasteiger partial charge in [0, 0.05) is 18.2 Å². The maximum absolute atomic E-state index is 13.1. The number of benzene rings is 1. The van der Waals surface area contributed by atoms with Gasteiger partial charge >= 0.3 is 0 Å². The molecule has 156 valence electrons. The van der Waals surface area contributed by atoms with E-state index in [1.807, 2.05) is 23.0 Å². The largest absolute Gasteiger partial charge is 0.467 e. The van der Waals surface area contributed by atoms with Crippen molar-refractivity contribution in [3.63, 3.8) is 0 Å². The van der Waals surface area contributed by atoms with Gasteiger partial charge in [-0.25, -0.2) is 4.39 Å². The number of piperidine rings is 3. The van der Waals surface area contributed by atoms with Gasteiger partial charge in [-0.15, -0.1) is 5.10 Å². The molecule has 2 bridgehead atoms. The van der Waals surface area contributed by atoms with E-state index >= 15 is 0 Å². The van der Waals surface area contributed by atoms with E-state index in [-0.39, 0.29) is 17.6 Å². The Labute approximate surface area is 173 Å². The lowest BCUT2D eigenvalue weighted by atomic mass is 9.75. The van der Waals surface area contributed by atoms with Crippen molar-refractivity contribution in [1.82, 2.24) is 25.2 Å². The molecule has 0 radical (unpaired) electrons. The summed E-state index contributed by atoms with van der Waals surface area (Å²) in [6.45, 7) is 2.96. The Bertz CT molecular complexity index is 1000. The van der Waals surface area contributed by atoms with E-state index in [0.717, 1.165) is 49.5 Å². The van der Waals surface area contributed by atoms with Gasteiger partial charge in [-0.1, -0.05) is 5.21 Å². The Balaban J connectivity index is 1.19. The lowest BCUT2D eigenvalue weighted by Crippen LogP contribution is -2.57. The second-order valence-electron chi connectivity index (χ2n) is 8.17. The summed E-state index contributed by atoms with van der Waals surface area (Å²) in [5, 5.41) is 11.5. The van der Waals surface area contributed by atoms with Gasteiger partial charge in [0.05, 0.1) is 31.5 Å². The summed E-state index contributed by atoms with van der Waals surface area (Å²) >= 11 is 0. The number of halogens is 1. The number of amides is 1. The maximum atomic E-state index is 13.1. The van der Waals surface area contributed by atoms with E-state index in [4.69, 9.17) is 4.42 Å². The molecule has 2 aromatic heterocycles. The first-order valence-corrected chi connectivity index (χ1v) is 10.4. The van der Waals surface area contributed by atoms with Gasteiger partial charge in [0.25, 0.3) is 0 Å². The predicted molar refractivity (Wildman–Crippen MR) is 108 cm³/mol. The second kappa shape index (κ2) is 8.02. The molecule has 1 aromatic carbocycles. The second-order valence-corrected chi connectivity index (χ2v) is 8.17. The number of carbonyl (C=O) groups excluding carboxylic acids is 1. The lowest BCUT2D eigenvalue weighted by Gasteiger charge is -2.49. The van der Waals surface area contributed by atoms with Crippen LogP contribution in [0.4, 0.5) is 4.39 Å². The first-order chi connectivity index (χ1) is 14.7. The number of hydrogen-bond acceptors (Lipinski definition) is 5. The molecular formula is C22H24FN5O2. The van der Waals surface area contributed by atoms with Gasteiger partial charge < -0.3 is 9.73 Å². The first-order valence-electron chi connectivity index (χ1n) is 10.4. The van der Waals surface area contributed by atoms with Crippen molar-refractivity contribution in [2.24, 2.45) is 11.8 Å². The third-order valence-electron chi connectivity index (χ3n) is 6.31. The minimum absolute atomic E-state index is 0.0236. The molecule has 0 aliphatic carbocycles.